The number of fused-ring (bicyclic) bond motifs is 2. The summed E-state index contributed by atoms with van der Waals surface area (Å²) in [5.74, 6) is 0.616. The molecule has 1 amide bonds. The van der Waals surface area contributed by atoms with E-state index in [0.717, 1.165) is 18.6 Å². The molecule has 2 aromatic heterocycles. The Labute approximate surface area is 214 Å². The van der Waals surface area contributed by atoms with Crippen molar-refractivity contribution in [3.05, 3.63) is 58.4 Å². The summed E-state index contributed by atoms with van der Waals surface area (Å²) in [5, 5.41) is 0.612. The molecule has 9 nitrogen and oxygen atoms in total. The Bertz CT molecular complexity index is 1570. The average Bonchev–Trinajstić information content (AvgIpc) is 3.57. The maximum Gasteiger partial charge on any atom is 0.298 e. The number of benzene rings is 2. The molecule has 0 radical (unpaired) electrons. The highest BCUT2D eigenvalue weighted by atomic mass is 16.4. The van der Waals surface area contributed by atoms with E-state index in [2.05, 4.69) is 14.8 Å². The minimum Gasteiger partial charge on any atom is -0.423 e. The van der Waals surface area contributed by atoms with Crippen molar-refractivity contribution in [1.82, 2.24) is 19.4 Å². The van der Waals surface area contributed by atoms with Gasteiger partial charge in [-0.3, -0.25) is 14.2 Å². The highest BCUT2D eigenvalue weighted by Gasteiger charge is 2.46. The maximum atomic E-state index is 13.3. The smallest absolute Gasteiger partial charge is 0.298 e. The van der Waals surface area contributed by atoms with Crippen molar-refractivity contribution in [1.29, 1.82) is 0 Å². The number of para-hydroxylation sites is 1. The van der Waals surface area contributed by atoms with Gasteiger partial charge in [-0.1, -0.05) is 25.0 Å². The lowest BCUT2D eigenvalue weighted by Gasteiger charge is -2.47. The minimum absolute atomic E-state index is 0.0197. The standard InChI is InChI=1S/C28H30N6O3/c1-31-25(36)20-6-2-3-7-21(20)29-26(31)33-14-12-32(13-15-33)24(35)19-8-9-22-23(16-19)37-27(30-22)34-17-28(18-34)10-4-5-11-28/h2-3,6-9,16H,4-5,10-15,17-18H2,1H3. The first-order valence-corrected chi connectivity index (χ1v) is 13.2. The molecule has 2 aromatic carbocycles. The summed E-state index contributed by atoms with van der Waals surface area (Å²) in [6, 6.07) is 13.6. The number of nitrogens with zero attached hydrogens (tertiary/aromatic N) is 6. The molecule has 3 fully saturated rings. The highest BCUT2D eigenvalue weighted by Crippen LogP contribution is 2.47. The quantitative estimate of drug-likeness (QED) is 0.428. The van der Waals surface area contributed by atoms with Crippen LogP contribution in [0.25, 0.3) is 22.0 Å². The van der Waals surface area contributed by atoms with E-state index in [9.17, 15) is 9.59 Å². The molecule has 2 saturated heterocycles. The average molecular weight is 499 g/mol. The molecule has 0 bridgehead atoms. The molecule has 0 N–H and O–H groups in total. The lowest BCUT2D eigenvalue weighted by atomic mass is 9.79. The molecule has 3 aliphatic rings. The Morgan fingerprint density at radius 2 is 1.68 bits per heavy atom. The predicted octanol–water partition coefficient (Wildman–Crippen LogP) is 3.42. The summed E-state index contributed by atoms with van der Waals surface area (Å²) in [5.41, 5.74) is 3.15. The van der Waals surface area contributed by atoms with Crippen LogP contribution < -0.4 is 15.4 Å². The summed E-state index contributed by atoms with van der Waals surface area (Å²) < 4.78 is 7.68. The molecule has 7 rings (SSSR count). The number of piperazine rings is 1. The van der Waals surface area contributed by atoms with E-state index in [1.54, 1.807) is 17.7 Å². The van der Waals surface area contributed by atoms with E-state index in [1.807, 2.05) is 41.3 Å². The van der Waals surface area contributed by atoms with Crippen molar-refractivity contribution >= 4 is 39.9 Å². The van der Waals surface area contributed by atoms with E-state index in [1.165, 1.54) is 25.7 Å². The predicted molar refractivity (Wildman–Crippen MR) is 142 cm³/mol. The normalized spacial score (nSPS) is 19.2. The molecule has 4 heterocycles. The van der Waals surface area contributed by atoms with Crippen molar-refractivity contribution < 1.29 is 9.21 Å². The fourth-order valence-corrected chi connectivity index (χ4v) is 6.30. The van der Waals surface area contributed by atoms with E-state index < -0.39 is 0 Å². The second-order valence-electron chi connectivity index (χ2n) is 10.8. The fraction of sp³-hybridized carbons (Fsp3) is 0.429. The number of aromatic nitrogens is 3. The first kappa shape index (κ1) is 22.3. The Kier molecular flexibility index (Phi) is 5.02. The summed E-state index contributed by atoms with van der Waals surface area (Å²) in [6.07, 6.45) is 5.28. The highest BCUT2D eigenvalue weighted by molar-refractivity contribution is 5.97. The Balaban J connectivity index is 1.05. The molecule has 1 aliphatic carbocycles. The van der Waals surface area contributed by atoms with E-state index in [4.69, 9.17) is 9.40 Å². The molecule has 37 heavy (non-hydrogen) atoms. The van der Waals surface area contributed by atoms with Gasteiger partial charge in [0.15, 0.2) is 5.58 Å². The number of oxazole rings is 1. The number of rotatable bonds is 3. The van der Waals surface area contributed by atoms with Crippen LogP contribution in [0.15, 0.2) is 51.7 Å². The summed E-state index contributed by atoms with van der Waals surface area (Å²) in [4.78, 5) is 41.7. The van der Waals surface area contributed by atoms with Gasteiger partial charge in [0.25, 0.3) is 17.5 Å². The number of carbonyl (C=O) groups is 1. The van der Waals surface area contributed by atoms with Gasteiger partial charge in [0.05, 0.1) is 10.9 Å². The van der Waals surface area contributed by atoms with Gasteiger partial charge in [0.2, 0.25) is 5.95 Å². The number of anilines is 2. The van der Waals surface area contributed by atoms with Gasteiger partial charge >= 0.3 is 0 Å². The van der Waals surface area contributed by atoms with Crippen molar-refractivity contribution in [2.45, 2.75) is 25.7 Å². The van der Waals surface area contributed by atoms with E-state index in [-0.39, 0.29) is 11.5 Å². The Morgan fingerprint density at radius 1 is 0.919 bits per heavy atom. The van der Waals surface area contributed by atoms with Crippen LogP contribution in [0.4, 0.5) is 12.0 Å². The molecular weight excluding hydrogens is 468 g/mol. The first-order chi connectivity index (χ1) is 18.0. The molecule has 4 aromatic rings. The van der Waals surface area contributed by atoms with Crippen molar-refractivity contribution in [2.24, 2.45) is 12.5 Å². The molecule has 0 atom stereocenters. The summed E-state index contributed by atoms with van der Waals surface area (Å²) in [7, 11) is 1.75. The minimum atomic E-state index is -0.0597. The second-order valence-corrected chi connectivity index (χ2v) is 10.8. The third-order valence-electron chi connectivity index (χ3n) is 8.42. The largest absolute Gasteiger partial charge is 0.423 e. The molecule has 1 spiro atoms. The van der Waals surface area contributed by atoms with E-state index >= 15 is 0 Å². The number of carbonyl (C=O) groups excluding carboxylic acids is 1. The van der Waals surface area contributed by atoms with Gasteiger partial charge in [-0.05, 0) is 43.2 Å². The fourth-order valence-electron chi connectivity index (χ4n) is 6.30. The van der Waals surface area contributed by atoms with Crippen LogP contribution in [0, 0.1) is 5.41 Å². The second kappa shape index (κ2) is 8.33. The topological polar surface area (TPSA) is 87.7 Å². The monoisotopic (exact) mass is 498 g/mol. The molecular formula is C28H30N6O3. The number of hydrogen-bond donors (Lipinski definition) is 0. The van der Waals surface area contributed by atoms with Crippen LogP contribution in [-0.2, 0) is 7.05 Å². The first-order valence-electron chi connectivity index (χ1n) is 13.2. The van der Waals surface area contributed by atoms with Crippen molar-refractivity contribution in [3.63, 3.8) is 0 Å². The third-order valence-corrected chi connectivity index (χ3v) is 8.42. The van der Waals surface area contributed by atoms with Crippen molar-refractivity contribution in [2.75, 3.05) is 49.1 Å². The van der Waals surface area contributed by atoms with Crippen molar-refractivity contribution in [3.8, 4) is 0 Å². The molecule has 9 heteroatoms. The molecule has 1 saturated carbocycles. The molecule has 190 valence electrons. The van der Waals surface area contributed by atoms with Crippen LogP contribution in [0.3, 0.4) is 0 Å². The van der Waals surface area contributed by atoms with Gasteiger partial charge in [0, 0.05) is 57.3 Å². The van der Waals surface area contributed by atoms with Gasteiger partial charge < -0.3 is 19.1 Å². The summed E-state index contributed by atoms with van der Waals surface area (Å²) >= 11 is 0. The zero-order valence-electron chi connectivity index (χ0n) is 21.0. The Morgan fingerprint density at radius 3 is 2.46 bits per heavy atom. The third kappa shape index (κ3) is 3.67. The van der Waals surface area contributed by atoms with Crippen LogP contribution in [0.1, 0.15) is 36.0 Å². The van der Waals surface area contributed by atoms with Gasteiger partial charge in [-0.15, -0.1) is 0 Å². The van der Waals surface area contributed by atoms with Gasteiger partial charge in [0.1, 0.15) is 5.52 Å². The van der Waals surface area contributed by atoms with Crippen LogP contribution in [0.5, 0.6) is 0 Å². The van der Waals surface area contributed by atoms with Crippen LogP contribution in [-0.4, -0.2) is 64.6 Å². The molecule has 0 unspecified atom stereocenters. The Hall–Kier alpha value is -3.88. The van der Waals surface area contributed by atoms with Gasteiger partial charge in [-0.2, -0.15) is 4.98 Å². The SMILES string of the molecule is Cn1c(N2CCN(C(=O)c3ccc4nc(N5CC6(CCCC6)C5)oc4c3)CC2)nc2ccccc2c1=O. The molecule has 2 aliphatic heterocycles. The zero-order valence-corrected chi connectivity index (χ0v) is 21.0. The maximum absolute atomic E-state index is 13.3. The van der Waals surface area contributed by atoms with Crippen LogP contribution >= 0.6 is 0 Å². The number of amides is 1. The lowest BCUT2D eigenvalue weighted by Crippen LogP contribution is -2.55. The van der Waals surface area contributed by atoms with Crippen LogP contribution in [0.2, 0.25) is 0 Å². The lowest BCUT2D eigenvalue weighted by molar-refractivity contribution is 0.0746. The zero-order chi connectivity index (χ0) is 25.1. The summed E-state index contributed by atoms with van der Waals surface area (Å²) in [6.45, 7) is 4.36. The van der Waals surface area contributed by atoms with Gasteiger partial charge in [-0.25, -0.2) is 4.98 Å². The number of hydrogen-bond acceptors (Lipinski definition) is 7. The van der Waals surface area contributed by atoms with E-state index in [0.29, 0.717) is 65.6 Å².